The molecule has 0 saturated heterocycles. The van der Waals surface area contributed by atoms with Crippen molar-refractivity contribution in [3.8, 4) is 11.3 Å². The van der Waals surface area contributed by atoms with Crippen molar-refractivity contribution in [2.24, 2.45) is 0 Å². The lowest BCUT2D eigenvalue weighted by molar-refractivity contribution is 0.598. The molecule has 0 aliphatic heterocycles. The van der Waals surface area contributed by atoms with E-state index in [-0.39, 0.29) is 0 Å². The maximum Gasteiger partial charge on any atom is 0.223 e. The van der Waals surface area contributed by atoms with Gasteiger partial charge in [0.25, 0.3) is 0 Å². The molecule has 0 saturated carbocycles. The van der Waals surface area contributed by atoms with E-state index in [0.29, 0.717) is 12.0 Å². The molecular weight excluding hydrogens is 322 g/mol. The van der Waals surface area contributed by atoms with Gasteiger partial charge in [-0.05, 0) is 49.8 Å². The van der Waals surface area contributed by atoms with E-state index in [1.165, 1.54) is 11.1 Å². The summed E-state index contributed by atoms with van der Waals surface area (Å²) in [6.07, 6.45) is 8.23. The average molecular weight is 347 g/mol. The van der Waals surface area contributed by atoms with E-state index in [4.69, 9.17) is 4.98 Å². The minimum Gasteiger partial charge on any atom is -0.351 e. The van der Waals surface area contributed by atoms with Gasteiger partial charge in [0.15, 0.2) is 0 Å². The number of nitrogens with one attached hydrogen (secondary N) is 1. The number of aromatic nitrogens is 4. The largest absolute Gasteiger partial charge is 0.351 e. The molecule has 0 amide bonds. The standard InChI is InChI=1S/C21H25N5/c1-3-12-26-14-19(15(2)25-26)20-10-11-22-21(24-20)23-18-9-8-16-6-4-5-7-17(16)13-18/h4-7,10-11,14,18H,3,8-9,12-13H2,1-2H3,(H,22,23,24). The summed E-state index contributed by atoms with van der Waals surface area (Å²) in [5.74, 6) is 0.703. The first-order valence-electron chi connectivity index (χ1n) is 9.43. The third kappa shape index (κ3) is 3.47. The van der Waals surface area contributed by atoms with Crippen LogP contribution in [0, 0.1) is 6.92 Å². The summed E-state index contributed by atoms with van der Waals surface area (Å²) < 4.78 is 2.00. The Bertz CT molecular complexity index is 899. The van der Waals surface area contributed by atoms with Crippen molar-refractivity contribution < 1.29 is 0 Å². The Balaban J connectivity index is 1.52. The zero-order valence-corrected chi connectivity index (χ0v) is 15.4. The van der Waals surface area contributed by atoms with Gasteiger partial charge in [0.05, 0.1) is 11.4 Å². The molecule has 1 aliphatic carbocycles. The van der Waals surface area contributed by atoms with E-state index < -0.39 is 0 Å². The SMILES string of the molecule is CCCn1cc(-c2ccnc(NC3CCc4ccccc4C3)n2)c(C)n1. The molecule has 4 rings (SSSR count). The molecule has 0 spiro atoms. The third-order valence-corrected chi connectivity index (χ3v) is 5.01. The molecular formula is C21H25N5. The minimum absolute atomic E-state index is 0.379. The van der Waals surface area contributed by atoms with Gasteiger partial charge in [0, 0.05) is 30.5 Å². The molecule has 0 radical (unpaired) electrons. The summed E-state index contributed by atoms with van der Waals surface area (Å²) in [5, 5.41) is 8.12. The molecule has 5 heteroatoms. The average Bonchev–Trinajstić information content (AvgIpc) is 3.02. The van der Waals surface area contributed by atoms with Crippen LogP contribution in [-0.2, 0) is 19.4 Å². The molecule has 1 unspecified atom stereocenters. The Morgan fingerprint density at radius 2 is 2.04 bits per heavy atom. The summed E-state index contributed by atoms with van der Waals surface area (Å²) in [7, 11) is 0. The van der Waals surface area contributed by atoms with Gasteiger partial charge in [-0.1, -0.05) is 31.2 Å². The Labute approximate surface area is 154 Å². The van der Waals surface area contributed by atoms with Crippen LogP contribution in [0.15, 0.2) is 42.7 Å². The van der Waals surface area contributed by atoms with Crippen LogP contribution in [0.2, 0.25) is 0 Å². The summed E-state index contributed by atoms with van der Waals surface area (Å²) >= 11 is 0. The van der Waals surface area contributed by atoms with Gasteiger partial charge in [-0.15, -0.1) is 0 Å². The highest BCUT2D eigenvalue weighted by atomic mass is 15.3. The molecule has 1 atom stereocenters. The minimum atomic E-state index is 0.379. The molecule has 1 aliphatic rings. The summed E-state index contributed by atoms with van der Waals surface area (Å²) in [5.41, 5.74) is 5.93. The molecule has 2 heterocycles. The van der Waals surface area contributed by atoms with Gasteiger partial charge < -0.3 is 5.32 Å². The number of fused-ring (bicyclic) bond motifs is 1. The Morgan fingerprint density at radius 3 is 2.88 bits per heavy atom. The molecule has 2 aromatic heterocycles. The fourth-order valence-corrected chi connectivity index (χ4v) is 3.69. The number of hydrogen-bond acceptors (Lipinski definition) is 4. The van der Waals surface area contributed by atoms with Gasteiger partial charge >= 0.3 is 0 Å². The van der Waals surface area contributed by atoms with Crippen LogP contribution >= 0.6 is 0 Å². The number of anilines is 1. The number of rotatable bonds is 5. The molecule has 1 N–H and O–H groups in total. The van der Waals surface area contributed by atoms with Crippen LogP contribution in [0.1, 0.15) is 36.6 Å². The maximum atomic E-state index is 4.75. The predicted molar refractivity (Wildman–Crippen MR) is 104 cm³/mol. The van der Waals surface area contributed by atoms with Crippen molar-refractivity contribution in [1.29, 1.82) is 0 Å². The van der Waals surface area contributed by atoms with Crippen LogP contribution in [-0.4, -0.2) is 25.8 Å². The smallest absolute Gasteiger partial charge is 0.223 e. The van der Waals surface area contributed by atoms with E-state index >= 15 is 0 Å². The van der Waals surface area contributed by atoms with Gasteiger partial charge in [-0.2, -0.15) is 5.10 Å². The Kier molecular flexibility index (Phi) is 4.69. The third-order valence-electron chi connectivity index (χ3n) is 5.01. The lowest BCUT2D eigenvalue weighted by Crippen LogP contribution is -2.28. The van der Waals surface area contributed by atoms with Crippen LogP contribution in [0.3, 0.4) is 0 Å². The van der Waals surface area contributed by atoms with Crippen LogP contribution in [0.5, 0.6) is 0 Å². The quantitative estimate of drug-likeness (QED) is 0.757. The van der Waals surface area contributed by atoms with Crippen molar-refractivity contribution in [2.45, 2.75) is 52.1 Å². The highest BCUT2D eigenvalue weighted by Crippen LogP contribution is 2.24. The fraction of sp³-hybridized carbons (Fsp3) is 0.381. The molecule has 3 aromatic rings. The van der Waals surface area contributed by atoms with Crippen molar-refractivity contribution in [3.63, 3.8) is 0 Å². The first-order chi connectivity index (χ1) is 12.7. The number of nitrogens with zero attached hydrogens (tertiary/aromatic N) is 4. The topological polar surface area (TPSA) is 55.6 Å². The summed E-state index contributed by atoms with van der Waals surface area (Å²) in [6, 6.07) is 11.0. The van der Waals surface area contributed by atoms with Gasteiger partial charge in [-0.25, -0.2) is 9.97 Å². The van der Waals surface area contributed by atoms with Crippen molar-refractivity contribution >= 4 is 5.95 Å². The summed E-state index contributed by atoms with van der Waals surface area (Å²) in [4.78, 5) is 9.19. The Morgan fingerprint density at radius 1 is 1.19 bits per heavy atom. The van der Waals surface area contributed by atoms with Crippen molar-refractivity contribution in [1.82, 2.24) is 19.7 Å². The zero-order valence-electron chi connectivity index (χ0n) is 15.4. The van der Waals surface area contributed by atoms with Gasteiger partial charge in [-0.3, -0.25) is 4.68 Å². The van der Waals surface area contributed by atoms with E-state index in [1.807, 2.05) is 23.9 Å². The van der Waals surface area contributed by atoms with Gasteiger partial charge in [0.2, 0.25) is 5.95 Å². The highest BCUT2D eigenvalue weighted by Gasteiger charge is 2.19. The summed E-state index contributed by atoms with van der Waals surface area (Å²) in [6.45, 7) is 5.12. The number of benzene rings is 1. The molecule has 1 aromatic carbocycles. The van der Waals surface area contributed by atoms with E-state index in [0.717, 1.165) is 49.2 Å². The second-order valence-corrected chi connectivity index (χ2v) is 7.01. The van der Waals surface area contributed by atoms with Crippen LogP contribution in [0.25, 0.3) is 11.3 Å². The van der Waals surface area contributed by atoms with Crippen LogP contribution < -0.4 is 5.32 Å². The first-order valence-corrected chi connectivity index (χ1v) is 9.43. The van der Waals surface area contributed by atoms with Crippen molar-refractivity contribution in [2.75, 3.05) is 5.32 Å². The predicted octanol–water partition coefficient (Wildman–Crippen LogP) is 4.03. The fourth-order valence-electron chi connectivity index (χ4n) is 3.69. The van der Waals surface area contributed by atoms with Crippen molar-refractivity contribution in [3.05, 3.63) is 59.5 Å². The van der Waals surface area contributed by atoms with Crippen LogP contribution in [0.4, 0.5) is 5.95 Å². The normalized spacial score (nSPS) is 16.3. The lowest BCUT2D eigenvalue weighted by Gasteiger charge is -2.25. The monoisotopic (exact) mass is 347 g/mol. The molecule has 134 valence electrons. The zero-order chi connectivity index (χ0) is 17.9. The van der Waals surface area contributed by atoms with E-state index in [9.17, 15) is 0 Å². The van der Waals surface area contributed by atoms with E-state index in [1.54, 1.807) is 0 Å². The second kappa shape index (κ2) is 7.28. The maximum absolute atomic E-state index is 4.75. The lowest BCUT2D eigenvalue weighted by atomic mass is 9.88. The van der Waals surface area contributed by atoms with E-state index in [2.05, 4.69) is 52.8 Å². The first kappa shape index (κ1) is 16.8. The molecule has 26 heavy (non-hydrogen) atoms. The Hall–Kier alpha value is -2.69. The molecule has 0 bridgehead atoms. The number of hydrogen-bond donors (Lipinski definition) is 1. The second-order valence-electron chi connectivity index (χ2n) is 7.01. The molecule has 5 nitrogen and oxygen atoms in total. The van der Waals surface area contributed by atoms with Gasteiger partial charge in [0.1, 0.15) is 0 Å². The number of aryl methyl sites for hydroxylation is 3. The molecule has 0 fully saturated rings. The highest BCUT2D eigenvalue weighted by molar-refractivity contribution is 5.61.